The minimum atomic E-state index is -2.24. The summed E-state index contributed by atoms with van der Waals surface area (Å²) in [5.41, 5.74) is 1.24. The Morgan fingerprint density at radius 3 is 2.50 bits per heavy atom. The van der Waals surface area contributed by atoms with E-state index in [-0.39, 0.29) is 11.9 Å². The Kier molecular flexibility index (Phi) is 5.41. The number of anilines is 3. The van der Waals surface area contributed by atoms with E-state index in [0.29, 0.717) is 16.5 Å². The van der Waals surface area contributed by atoms with Crippen molar-refractivity contribution in [2.45, 2.75) is 67.1 Å². The lowest BCUT2D eigenvalue weighted by Gasteiger charge is -2.31. The lowest BCUT2D eigenvalue weighted by atomic mass is 9.94. The third-order valence-electron chi connectivity index (χ3n) is 6.44. The lowest BCUT2D eigenvalue weighted by molar-refractivity contribution is -0.120. The zero-order valence-electron chi connectivity index (χ0n) is 17.9. The third-order valence-corrected chi connectivity index (χ3v) is 7.71. The van der Waals surface area contributed by atoms with Gasteiger partial charge in [0.1, 0.15) is 5.82 Å². The molecule has 4 N–H and O–H groups in total. The van der Waals surface area contributed by atoms with Crippen molar-refractivity contribution in [2.24, 2.45) is 0 Å². The van der Waals surface area contributed by atoms with Gasteiger partial charge in [0.15, 0.2) is 4.90 Å². The molecule has 2 aliphatic carbocycles. The molecule has 1 aromatic heterocycles. The molecule has 5 rings (SSSR count). The first-order valence-electron chi connectivity index (χ1n) is 11.0. The van der Waals surface area contributed by atoms with Crippen LogP contribution in [0.1, 0.15) is 50.5 Å². The fourth-order valence-corrected chi connectivity index (χ4v) is 5.56. The molecule has 1 atom stereocenters. The third kappa shape index (κ3) is 3.99. The standard InChI is InChI=1S/C21H26BN5O4S/c22-21(29,30)26-32(31)15-8-6-13(7-9-15)24-19-23-12-16-17(25-19)27(14-4-2-1-3-5-14)18(28)20(16)10-11-20/h6-9,12,14,26,29-30H,1-5,10-11,22H2,(H,23,24,25). The number of amides is 1. The van der Waals surface area contributed by atoms with Crippen LogP contribution in [0, 0.1) is 0 Å². The molecule has 0 saturated heterocycles. The van der Waals surface area contributed by atoms with Gasteiger partial charge in [-0.3, -0.25) is 9.69 Å². The monoisotopic (exact) mass is 455 g/mol. The summed E-state index contributed by atoms with van der Waals surface area (Å²) in [5, 5.41) is 21.8. The van der Waals surface area contributed by atoms with Gasteiger partial charge in [-0.2, -0.15) is 4.98 Å². The molecule has 1 aliphatic heterocycles. The van der Waals surface area contributed by atoms with E-state index >= 15 is 0 Å². The molecule has 1 spiro atoms. The van der Waals surface area contributed by atoms with Crippen LogP contribution < -0.4 is 14.9 Å². The summed E-state index contributed by atoms with van der Waals surface area (Å²) >= 11 is -1.77. The molecule has 11 heteroatoms. The molecule has 1 aromatic carbocycles. The summed E-state index contributed by atoms with van der Waals surface area (Å²) in [6.45, 7) is 0. The van der Waals surface area contributed by atoms with Crippen molar-refractivity contribution in [3.63, 3.8) is 0 Å². The molecule has 168 valence electrons. The van der Waals surface area contributed by atoms with E-state index in [4.69, 9.17) is 4.98 Å². The van der Waals surface area contributed by atoms with Crippen molar-refractivity contribution < 1.29 is 19.6 Å². The molecule has 9 nitrogen and oxygen atoms in total. The summed E-state index contributed by atoms with van der Waals surface area (Å²) in [4.78, 5) is 24.8. The van der Waals surface area contributed by atoms with Gasteiger partial charge in [-0.15, -0.1) is 0 Å². The van der Waals surface area contributed by atoms with Gasteiger partial charge in [0.25, 0.3) is 0 Å². The Hall–Kier alpha value is -2.18. The van der Waals surface area contributed by atoms with Gasteiger partial charge in [-0.1, -0.05) is 24.0 Å². The van der Waals surface area contributed by atoms with Crippen LogP contribution in [0.2, 0.25) is 0 Å². The Morgan fingerprint density at radius 2 is 1.88 bits per heavy atom. The minimum absolute atomic E-state index is 0.185. The van der Waals surface area contributed by atoms with Gasteiger partial charge >= 0.3 is 0 Å². The van der Waals surface area contributed by atoms with Gasteiger partial charge in [0.05, 0.1) is 16.8 Å². The molecule has 1 amide bonds. The number of nitrogens with one attached hydrogen (secondary N) is 2. The largest absolute Gasteiger partial charge is 0.593 e. The molecule has 2 saturated carbocycles. The van der Waals surface area contributed by atoms with Gasteiger partial charge in [0, 0.05) is 23.5 Å². The molecule has 1 unspecified atom stereocenters. The number of nitrogens with zero attached hydrogens (tertiary/aromatic N) is 3. The maximum atomic E-state index is 13.3. The summed E-state index contributed by atoms with van der Waals surface area (Å²) in [5.74, 6) is -0.907. The van der Waals surface area contributed by atoms with E-state index in [2.05, 4.69) is 15.0 Å². The molecule has 2 heterocycles. The van der Waals surface area contributed by atoms with E-state index in [1.165, 1.54) is 6.42 Å². The molecule has 3 aliphatic rings. The summed E-state index contributed by atoms with van der Waals surface area (Å²) in [7, 11) is 1.10. The van der Waals surface area contributed by atoms with Crippen LogP contribution in [0.3, 0.4) is 0 Å². The molecule has 2 fully saturated rings. The topological polar surface area (TPSA) is 134 Å². The number of aliphatic hydroxyl groups is 2. The lowest BCUT2D eigenvalue weighted by Crippen LogP contribution is -2.48. The number of hydrogen-bond acceptors (Lipinski definition) is 8. The second-order valence-corrected chi connectivity index (χ2v) is 10.2. The van der Waals surface area contributed by atoms with Gasteiger partial charge in [-0.25, -0.2) is 4.98 Å². The van der Waals surface area contributed by atoms with Crippen molar-refractivity contribution in [2.75, 3.05) is 10.2 Å². The molecular formula is C21H26BN5O4S. The highest BCUT2D eigenvalue weighted by Crippen LogP contribution is 2.57. The average molecular weight is 455 g/mol. The number of aromatic nitrogens is 2. The first-order chi connectivity index (χ1) is 15.3. The van der Waals surface area contributed by atoms with Crippen molar-refractivity contribution in [1.82, 2.24) is 14.7 Å². The zero-order chi connectivity index (χ0) is 22.5. The number of benzene rings is 1. The van der Waals surface area contributed by atoms with Crippen LogP contribution >= 0.6 is 0 Å². The smallest absolute Gasteiger partial charge is 0.239 e. The van der Waals surface area contributed by atoms with Crippen molar-refractivity contribution in [1.29, 1.82) is 0 Å². The van der Waals surface area contributed by atoms with E-state index in [1.807, 2.05) is 4.90 Å². The Labute approximate surface area is 190 Å². The van der Waals surface area contributed by atoms with Crippen LogP contribution in [0.5, 0.6) is 0 Å². The van der Waals surface area contributed by atoms with Gasteiger partial charge < -0.3 is 20.1 Å². The van der Waals surface area contributed by atoms with E-state index in [0.717, 1.165) is 57.8 Å². The number of carbonyl (C=O) groups is 1. The van der Waals surface area contributed by atoms with Crippen LogP contribution in [0.25, 0.3) is 0 Å². The maximum Gasteiger partial charge on any atom is 0.239 e. The predicted octanol–water partition coefficient (Wildman–Crippen LogP) is 0.772. The number of hydrogen-bond donors (Lipinski definition) is 4. The van der Waals surface area contributed by atoms with E-state index in [9.17, 15) is 19.6 Å². The predicted molar refractivity (Wildman–Crippen MR) is 122 cm³/mol. The minimum Gasteiger partial charge on any atom is -0.593 e. The fourth-order valence-electron chi connectivity index (χ4n) is 4.71. The van der Waals surface area contributed by atoms with Gasteiger partial charge in [0.2, 0.25) is 25.5 Å². The van der Waals surface area contributed by atoms with Crippen LogP contribution in [0.15, 0.2) is 35.4 Å². The molecule has 32 heavy (non-hydrogen) atoms. The van der Waals surface area contributed by atoms with E-state index in [1.54, 1.807) is 30.5 Å². The van der Waals surface area contributed by atoms with Crippen LogP contribution in [0.4, 0.5) is 17.5 Å². The highest BCUT2D eigenvalue weighted by molar-refractivity contribution is 7.89. The first-order valence-corrected chi connectivity index (χ1v) is 12.1. The highest BCUT2D eigenvalue weighted by atomic mass is 32.2. The van der Waals surface area contributed by atoms with Crippen LogP contribution in [-0.4, -0.2) is 50.3 Å². The number of fused-ring (bicyclic) bond motifs is 2. The fraction of sp³-hybridized carbons (Fsp3) is 0.476. The second-order valence-electron chi connectivity index (χ2n) is 9.02. The van der Waals surface area contributed by atoms with Crippen LogP contribution in [-0.2, 0) is 21.6 Å². The molecule has 2 aromatic rings. The van der Waals surface area contributed by atoms with E-state index < -0.39 is 22.6 Å². The Balaban J connectivity index is 1.36. The number of rotatable bonds is 6. The normalized spacial score (nSPS) is 21.0. The van der Waals surface area contributed by atoms with Crippen molar-refractivity contribution in [3.05, 3.63) is 36.0 Å². The summed E-state index contributed by atoms with van der Waals surface area (Å²) in [6, 6.07) is 6.86. The Morgan fingerprint density at radius 1 is 1.19 bits per heavy atom. The molecule has 0 radical (unpaired) electrons. The summed E-state index contributed by atoms with van der Waals surface area (Å²) in [6.07, 6.45) is 9.05. The highest BCUT2D eigenvalue weighted by Gasteiger charge is 2.61. The quantitative estimate of drug-likeness (QED) is 0.285. The Bertz CT molecular complexity index is 1020. The molecule has 0 bridgehead atoms. The van der Waals surface area contributed by atoms with Crippen molar-refractivity contribution >= 4 is 42.6 Å². The second kappa shape index (κ2) is 8.00. The SMILES string of the molecule is BC(O)(O)N[S+]([O-])c1ccc(Nc2ncc3c(n2)N(C2CCCCC2)C(=O)C32CC2)cc1. The average Bonchev–Trinajstić information content (AvgIpc) is 3.52. The number of carbonyl (C=O) groups excluding carboxylic acids is 1. The van der Waals surface area contributed by atoms with Crippen molar-refractivity contribution in [3.8, 4) is 0 Å². The maximum absolute atomic E-state index is 13.3. The molecular weight excluding hydrogens is 429 g/mol. The van der Waals surface area contributed by atoms with Gasteiger partial charge in [-0.05, 0) is 49.9 Å². The summed E-state index contributed by atoms with van der Waals surface area (Å²) < 4.78 is 14.3. The first kappa shape index (κ1) is 21.7. The zero-order valence-corrected chi connectivity index (χ0v) is 18.7.